The van der Waals surface area contributed by atoms with Gasteiger partial charge >= 0.3 is 5.97 Å². The number of aliphatic hydroxyl groups excluding tert-OH is 1. The molecule has 0 radical (unpaired) electrons. The van der Waals surface area contributed by atoms with Crippen LogP contribution in [-0.4, -0.2) is 28.2 Å². The van der Waals surface area contributed by atoms with Crippen molar-refractivity contribution in [3.63, 3.8) is 0 Å². The van der Waals surface area contributed by atoms with E-state index in [0.717, 1.165) is 43.3 Å². The van der Waals surface area contributed by atoms with Gasteiger partial charge < -0.3 is 10.2 Å². The van der Waals surface area contributed by atoms with Crippen molar-refractivity contribution >= 4 is 11.9 Å². The van der Waals surface area contributed by atoms with E-state index in [1.807, 2.05) is 6.92 Å². The topological polar surface area (TPSA) is 74.6 Å². The molecule has 170 valence electrons. The highest BCUT2D eigenvalue weighted by atomic mass is 16.4. The first-order valence-electron chi connectivity index (χ1n) is 12.2. The number of carboxylic acid groups (broad SMARTS) is 1. The van der Waals surface area contributed by atoms with Crippen molar-refractivity contribution in [3.05, 3.63) is 29.4 Å². The molecule has 0 aromatic heterocycles. The normalized spacial score (nSPS) is 46.1. The van der Waals surface area contributed by atoms with Crippen LogP contribution >= 0.6 is 0 Å². The Morgan fingerprint density at radius 1 is 1.32 bits per heavy atom. The van der Waals surface area contributed by atoms with Gasteiger partial charge in [-0.2, -0.15) is 0 Å². The first-order chi connectivity index (χ1) is 14.7. The van der Waals surface area contributed by atoms with Gasteiger partial charge in [0.25, 0.3) is 0 Å². The summed E-state index contributed by atoms with van der Waals surface area (Å²) in [6.07, 6.45) is 12.3. The fraction of sp³-hybridized carbons (Fsp3) is 0.741. The number of hydrogen-bond donors (Lipinski definition) is 2. The van der Waals surface area contributed by atoms with E-state index >= 15 is 0 Å². The summed E-state index contributed by atoms with van der Waals surface area (Å²) >= 11 is 0. The second-order valence-corrected chi connectivity index (χ2v) is 11.2. The molecule has 0 bridgehead atoms. The van der Waals surface area contributed by atoms with Gasteiger partial charge in [-0.15, -0.1) is 0 Å². The van der Waals surface area contributed by atoms with E-state index in [1.165, 1.54) is 0 Å². The zero-order valence-electron chi connectivity index (χ0n) is 19.4. The minimum Gasteiger partial charge on any atom is -0.481 e. The van der Waals surface area contributed by atoms with Gasteiger partial charge in [-0.1, -0.05) is 39.0 Å². The van der Waals surface area contributed by atoms with Gasteiger partial charge in [-0.05, 0) is 91.4 Å². The van der Waals surface area contributed by atoms with Crippen LogP contribution in [0.25, 0.3) is 0 Å². The maximum absolute atomic E-state index is 12.4. The molecule has 2 N–H and O–H groups in total. The number of carbonyl (C=O) groups excluding carboxylic acids is 1. The lowest BCUT2D eigenvalue weighted by Crippen LogP contribution is -2.54. The Morgan fingerprint density at radius 2 is 2.06 bits per heavy atom. The first kappa shape index (κ1) is 22.6. The molecule has 3 fully saturated rings. The standard InChI is InChI=1S/C27H38O4/c1-5-18-19(15-28)25-21-8-7-20(16(2)6-9-24(30)31)26(21,3)13-11-22(25)27(4)12-10-17(29)14-23(18)27/h5,11,13,16-17,20-23,25,29H,6-10,12,14H2,1-4H3,(H,30,31)/t16-,17-,20-,21+,22+,23+,25+,26-,27-/m1/s1. The number of carboxylic acids is 1. The van der Waals surface area contributed by atoms with Crippen molar-refractivity contribution in [2.75, 3.05) is 0 Å². The van der Waals surface area contributed by atoms with Crippen LogP contribution in [0.3, 0.4) is 0 Å². The Kier molecular flexibility index (Phi) is 5.85. The van der Waals surface area contributed by atoms with Crippen LogP contribution in [0.5, 0.6) is 0 Å². The van der Waals surface area contributed by atoms with E-state index < -0.39 is 5.97 Å². The van der Waals surface area contributed by atoms with E-state index in [9.17, 15) is 14.7 Å². The summed E-state index contributed by atoms with van der Waals surface area (Å²) in [5.74, 6) is 3.52. The highest BCUT2D eigenvalue weighted by Gasteiger charge is 2.61. The van der Waals surface area contributed by atoms with Gasteiger partial charge in [0, 0.05) is 17.9 Å². The molecule has 0 amide bonds. The minimum atomic E-state index is -0.722. The highest BCUT2D eigenvalue weighted by molar-refractivity contribution is 5.66. The van der Waals surface area contributed by atoms with E-state index in [1.54, 1.807) is 0 Å². The van der Waals surface area contributed by atoms with Crippen LogP contribution in [0.4, 0.5) is 0 Å². The molecule has 3 saturated carbocycles. The number of rotatable bonds is 4. The molecular formula is C27H38O4. The second kappa shape index (κ2) is 8.05. The van der Waals surface area contributed by atoms with Gasteiger partial charge in [0.05, 0.1) is 6.10 Å². The predicted molar refractivity (Wildman–Crippen MR) is 121 cm³/mol. The molecule has 0 aliphatic heterocycles. The molecule has 4 nitrogen and oxygen atoms in total. The van der Waals surface area contributed by atoms with Gasteiger partial charge in [-0.3, -0.25) is 4.79 Å². The molecule has 0 heterocycles. The Balaban J connectivity index is 1.74. The maximum Gasteiger partial charge on any atom is 0.303 e. The fourth-order valence-corrected chi connectivity index (χ4v) is 8.27. The molecule has 4 aliphatic rings. The monoisotopic (exact) mass is 426 g/mol. The smallest absolute Gasteiger partial charge is 0.303 e. The molecule has 4 aliphatic carbocycles. The van der Waals surface area contributed by atoms with E-state index in [0.29, 0.717) is 30.1 Å². The Morgan fingerprint density at radius 3 is 2.71 bits per heavy atom. The molecule has 0 unspecified atom stereocenters. The Bertz CT molecular complexity index is 849. The fourth-order valence-electron chi connectivity index (χ4n) is 8.27. The average Bonchev–Trinajstić information content (AvgIpc) is 3.09. The summed E-state index contributed by atoms with van der Waals surface area (Å²) in [6, 6.07) is 0. The lowest BCUT2D eigenvalue weighted by molar-refractivity contribution is -0.137. The number of aliphatic hydroxyl groups is 1. The summed E-state index contributed by atoms with van der Waals surface area (Å²) in [7, 11) is 0. The predicted octanol–water partition coefficient (Wildman–Crippen LogP) is 5.21. The summed E-state index contributed by atoms with van der Waals surface area (Å²) in [4.78, 5) is 23.5. The maximum atomic E-state index is 12.4. The Hall–Kier alpha value is -1.64. The van der Waals surface area contributed by atoms with Crippen LogP contribution in [0.2, 0.25) is 0 Å². The summed E-state index contributed by atoms with van der Waals surface area (Å²) in [5.41, 5.74) is 2.01. The van der Waals surface area contributed by atoms with Crippen LogP contribution in [0.15, 0.2) is 29.4 Å². The summed E-state index contributed by atoms with van der Waals surface area (Å²) in [6.45, 7) is 8.95. The molecule has 9 atom stereocenters. The van der Waals surface area contributed by atoms with Crippen LogP contribution in [0, 0.1) is 46.3 Å². The molecule has 4 heteroatoms. The second-order valence-electron chi connectivity index (χ2n) is 11.2. The van der Waals surface area contributed by atoms with Crippen molar-refractivity contribution in [3.8, 4) is 0 Å². The van der Waals surface area contributed by atoms with Crippen molar-refractivity contribution in [1.29, 1.82) is 0 Å². The zero-order valence-corrected chi connectivity index (χ0v) is 19.4. The molecule has 4 rings (SSSR count). The lowest BCUT2D eigenvalue weighted by atomic mass is 9.44. The van der Waals surface area contributed by atoms with Gasteiger partial charge in [-0.25, -0.2) is 4.79 Å². The number of carbonyl (C=O) groups is 1. The van der Waals surface area contributed by atoms with Crippen molar-refractivity contribution < 1.29 is 19.8 Å². The van der Waals surface area contributed by atoms with Crippen LogP contribution < -0.4 is 0 Å². The first-order valence-corrected chi connectivity index (χ1v) is 12.2. The molecule has 0 spiro atoms. The third-order valence-electron chi connectivity index (χ3n) is 9.89. The number of hydrogen-bond acceptors (Lipinski definition) is 3. The molecule has 0 saturated heterocycles. The summed E-state index contributed by atoms with van der Waals surface area (Å²) in [5, 5.41) is 19.6. The van der Waals surface area contributed by atoms with E-state index in [-0.39, 0.29) is 35.2 Å². The van der Waals surface area contributed by atoms with Gasteiger partial charge in [0.15, 0.2) is 0 Å². The van der Waals surface area contributed by atoms with Gasteiger partial charge in [0.2, 0.25) is 0 Å². The van der Waals surface area contributed by atoms with Crippen molar-refractivity contribution in [2.24, 2.45) is 46.3 Å². The van der Waals surface area contributed by atoms with Crippen LogP contribution in [-0.2, 0) is 9.59 Å². The minimum absolute atomic E-state index is 0.0165. The quantitative estimate of drug-likeness (QED) is 0.478. The number of fused-ring (bicyclic) bond motifs is 5. The lowest BCUT2D eigenvalue weighted by Gasteiger charge is -2.59. The van der Waals surface area contributed by atoms with Crippen LogP contribution in [0.1, 0.15) is 72.6 Å². The van der Waals surface area contributed by atoms with Crippen molar-refractivity contribution in [1.82, 2.24) is 0 Å². The molecular weight excluding hydrogens is 388 g/mol. The average molecular weight is 427 g/mol. The molecule has 31 heavy (non-hydrogen) atoms. The SMILES string of the molecule is CC=C1C(=C=O)[C@H]2[C@@H]3CC[C@H]([C@H](C)CCC(=O)O)[C@@]3(C)C=C[C@@H]2[C@@]2(C)CC[C@@H](O)C[C@@H]12. The highest BCUT2D eigenvalue weighted by Crippen LogP contribution is 2.68. The summed E-state index contributed by atoms with van der Waals surface area (Å²) < 4.78 is 0. The van der Waals surface area contributed by atoms with E-state index in [2.05, 4.69) is 44.9 Å². The van der Waals surface area contributed by atoms with Crippen molar-refractivity contribution in [2.45, 2.75) is 78.7 Å². The molecule has 0 aromatic carbocycles. The third-order valence-corrected chi connectivity index (χ3v) is 9.89. The number of aliphatic carboxylic acids is 1. The molecule has 0 aromatic rings. The largest absolute Gasteiger partial charge is 0.481 e. The van der Waals surface area contributed by atoms with E-state index in [4.69, 9.17) is 5.11 Å². The zero-order chi connectivity index (χ0) is 22.6. The van der Waals surface area contributed by atoms with Gasteiger partial charge in [0.1, 0.15) is 5.94 Å². The third kappa shape index (κ3) is 3.38. The number of allylic oxidation sites excluding steroid dienone is 5. The Labute approximate surface area is 186 Å².